The van der Waals surface area contributed by atoms with Gasteiger partial charge in [0.25, 0.3) is 10.0 Å². The number of carboxylic acid groups (broad SMARTS) is 1. The van der Waals surface area contributed by atoms with Gasteiger partial charge in [-0.15, -0.1) is 0 Å². The molecule has 150 valence electrons. The molecule has 0 aliphatic rings. The summed E-state index contributed by atoms with van der Waals surface area (Å²) < 4.78 is 28.0. The zero-order valence-electron chi connectivity index (χ0n) is 16.3. The van der Waals surface area contributed by atoms with E-state index in [9.17, 15) is 18.3 Å². The molecule has 0 radical (unpaired) electrons. The van der Waals surface area contributed by atoms with Gasteiger partial charge < -0.3 is 5.11 Å². The maximum absolute atomic E-state index is 13.4. The number of carbonyl (C=O) groups is 1. The van der Waals surface area contributed by atoms with E-state index in [1.165, 1.54) is 16.4 Å². The van der Waals surface area contributed by atoms with Crippen molar-refractivity contribution < 1.29 is 18.3 Å². The third-order valence-corrected chi connectivity index (χ3v) is 6.28. The van der Waals surface area contributed by atoms with Crippen LogP contribution in [0.5, 0.6) is 0 Å². The van der Waals surface area contributed by atoms with Crippen molar-refractivity contribution in [3.8, 4) is 11.1 Å². The fraction of sp³-hybridized carbons (Fsp3) is 0.174. The van der Waals surface area contributed by atoms with Crippen molar-refractivity contribution in [2.75, 3.05) is 10.8 Å². The van der Waals surface area contributed by atoms with E-state index in [2.05, 4.69) is 0 Å². The molecular formula is C23H23NO4S. The molecule has 0 unspecified atom stereocenters. The van der Waals surface area contributed by atoms with Crippen molar-refractivity contribution in [2.45, 2.75) is 18.7 Å². The molecule has 6 heteroatoms. The van der Waals surface area contributed by atoms with E-state index in [-0.39, 0.29) is 28.6 Å². The Morgan fingerprint density at radius 3 is 2.00 bits per heavy atom. The van der Waals surface area contributed by atoms with Crippen LogP contribution in [0.4, 0.5) is 5.69 Å². The first-order valence-corrected chi connectivity index (χ1v) is 10.8. The molecule has 0 aromatic heterocycles. The highest BCUT2D eigenvalue weighted by atomic mass is 32.2. The van der Waals surface area contributed by atoms with Crippen molar-refractivity contribution in [3.05, 3.63) is 84.4 Å². The summed E-state index contributed by atoms with van der Waals surface area (Å²) in [5, 5.41) is 9.53. The van der Waals surface area contributed by atoms with Crippen LogP contribution in [-0.4, -0.2) is 26.0 Å². The van der Waals surface area contributed by atoms with Gasteiger partial charge in [-0.3, -0.25) is 4.31 Å². The summed E-state index contributed by atoms with van der Waals surface area (Å²) in [6.07, 6.45) is 0. The van der Waals surface area contributed by atoms with Crippen LogP contribution in [0.1, 0.15) is 24.2 Å². The van der Waals surface area contributed by atoms with E-state index >= 15 is 0 Å². The summed E-state index contributed by atoms with van der Waals surface area (Å²) in [6.45, 7) is 3.96. The molecule has 0 spiro atoms. The Morgan fingerprint density at radius 1 is 0.862 bits per heavy atom. The Balaban J connectivity index is 2.05. The third-order valence-electron chi connectivity index (χ3n) is 4.48. The summed E-state index contributed by atoms with van der Waals surface area (Å²) in [7, 11) is -3.93. The molecule has 0 aliphatic heterocycles. The summed E-state index contributed by atoms with van der Waals surface area (Å²) >= 11 is 0. The standard InChI is InChI=1S/C23H23NO4S/c1-17(2)16-24(22-11-7-6-10-21(22)23(25)26)29(27,28)20-14-12-19(13-15-20)18-8-4-3-5-9-18/h3-15,17H,16H2,1-2H3,(H,25,26). The lowest BCUT2D eigenvalue weighted by Crippen LogP contribution is -2.35. The molecule has 0 heterocycles. The smallest absolute Gasteiger partial charge is 0.337 e. The number of anilines is 1. The van der Waals surface area contributed by atoms with Gasteiger partial charge in [0, 0.05) is 6.54 Å². The van der Waals surface area contributed by atoms with Crippen molar-refractivity contribution in [3.63, 3.8) is 0 Å². The van der Waals surface area contributed by atoms with E-state index in [1.807, 2.05) is 44.2 Å². The molecule has 1 N–H and O–H groups in total. The van der Waals surface area contributed by atoms with Gasteiger partial charge in [-0.05, 0) is 41.3 Å². The van der Waals surface area contributed by atoms with E-state index in [0.717, 1.165) is 11.1 Å². The van der Waals surface area contributed by atoms with Crippen molar-refractivity contribution in [1.29, 1.82) is 0 Å². The third kappa shape index (κ3) is 4.49. The molecular weight excluding hydrogens is 386 g/mol. The molecule has 0 saturated carbocycles. The van der Waals surface area contributed by atoms with E-state index in [0.29, 0.717) is 0 Å². The van der Waals surface area contributed by atoms with Gasteiger partial charge in [0.05, 0.1) is 16.1 Å². The summed E-state index contributed by atoms with van der Waals surface area (Å²) in [5.74, 6) is -1.15. The molecule has 3 aromatic carbocycles. The lowest BCUT2D eigenvalue weighted by Gasteiger charge is -2.27. The predicted molar refractivity (Wildman–Crippen MR) is 115 cm³/mol. The van der Waals surface area contributed by atoms with Crippen LogP contribution in [0, 0.1) is 5.92 Å². The first kappa shape index (κ1) is 20.6. The van der Waals surface area contributed by atoms with Crippen LogP contribution < -0.4 is 4.31 Å². The highest BCUT2D eigenvalue weighted by Crippen LogP contribution is 2.29. The second-order valence-electron chi connectivity index (χ2n) is 7.14. The molecule has 3 rings (SSSR count). The Hall–Kier alpha value is -3.12. The molecule has 0 atom stereocenters. The van der Waals surface area contributed by atoms with E-state index < -0.39 is 16.0 Å². The Labute approximate surface area is 171 Å². The van der Waals surface area contributed by atoms with Crippen molar-refractivity contribution in [2.24, 2.45) is 5.92 Å². The fourth-order valence-electron chi connectivity index (χ4n) is 3.11. The van der Waals surface area contributed by atoms with Crippen LogP contribution in [0.25, 0.3) is 11.1 Å². The Bertz CT molecular complexity index is 1090. The van der Waals surface area contributed by atoms with E-state index in [1.54, 1.807) is 36.4 Å². The highest BCUT2D eigenvalue weighted by Gasteiger charge is 2.28. The zero-order valence-corrected chi connectivity index (χ0v) is 17.1. The van der Waals surface area contributed by atoms with Crippen LogP contribution in [-0.2, 0) is 10.0 Å². The molecule has 0 saturated heterocycles. The average molecular weight is 410 g/mol. The second kappa shape index (κ2) is 8.49. The fourth-order valence-corrected chi connectivity index (χ4v) is 4.75. The monoisotopic (exact) mass is 409 g/mol. The second-order valence-corrected chi connectivity index (χ2v) is 9.01. The average Bonchev–Trinajstić information content (AvgIpc) is 2.72. The molecule has 5 nitrogen and oxygen atoms in total. The number of aromatic carboxylic acids is 1. The van der Waals surface area contributed by atoms with Gasteiger partial charge in [0.2, 0.25) is 0 Å². The lowest BCUT2D eigenvalue weighted by atomic mass is 10.1. The minimum absolute atomic E-state index is 0.00946. The molecule has 0 aliphatic carbocycles. The number of sulfonamides is 1. The minimum atomic E-state index is -3.93. The Morgan fingerprint density at radius 2 is 1.41 bits per heavy atom. The number of carboxylic acids is 1. The maximum Gasteiger partial charge on any atom is 0.337 e. The number of rotatable bonds is 7. The normalized spacial score (nSPS) is 11.4. The minimum Gasteiger partial charge on any atom is -0.478 e. The Kier molecular flexibility index (Phi) is 6.03. The predicted octanol–water partition coefficient (Wildman–Crippen LogP) is 4.90. The number of nitrogens with zero attached hydrogens (tertiary/aromatic N) is 1. The SMILES string of the molecule is CC(C)CN(c1ccccc1C(=O)O)S(=O)(=O)c1ccc(-c2ccccc2)cc1. The van der Waals surface area contributed by atoms with E-state index in [4.69, 9.17) is 0 Å². The molecule has 29 heavy (non-hydrogen) atoms. The van der Waals surface area contributed by atoms with Gasteiger partial charge in [-0.2, -0.15) is 0 Å². The van der Waals surface area contributed by atoms with Crippen LogP contribution >= 0.6 is 0 Å². The maximum atomic E-state index is 13.4. The summed E-state index contributed by atoms with van der Waals surface area (Å²) in [5.41, 5.74) is 2.02. The first-order chi connectivity index (χ1) is 13.8. The summed E-state index contributed by atoms with van der Waals surface area (Å²) in [4.78, 5) is 11.8. The van der Waals surface area contributed by atoms with Gasteiger partial charge in [-0.1, -0.05) is 68.4 Å². The number of hydrogen-bond acceptors (Lipinski definition) is 3. The lowest BCUT2D eigenvalue weighted by molar-refractivity contribution is 0.0697. The molecule has 3 aromatic rings. The highest BCUT2D eigenvalue weighted by molar-refractivity contribution is 7.92. The molecule has 0 amide bonds. The van der Waals surface area contributed by atoms with Gasteiger partial charge in [0.15, 0.2) is 0 Å². The van der Waals surface area contributed by atoms with Crippen LogP contribution in [0.2, 0.25) is 0 Å². The first-order valence-electron chi connectivity index (χ1n) is 9.31. The zero-order chi connectivity index (χ0) is 21.0. The van der Waals surface area contributed by atoms with Crippen molar-refractivity contribution in [1.82, 2.24) is 0 Å². The van der Waals surface area contributed by atoms with Gasteiger partial charge in [0.1, 0.15) is 0 Å². The molecule has 0 fully saturated rings. The van der Waals surface area contributed by atoms with Gasteiger partial charge >= 0.3 is 5.97 Å². The summed E-state index contributed by atoms with van der Waals surface area (Å²) in [6, 6.07) is 22.5. The quantitative estimate of drug-likeness (QED) is 0.602. The molecule has 0 bridgehead atoms. The topological polar surface area (TPSA) is 74.7 Å². The largest absolute Gasteiger partial charge is 0.478 e. The number of hydrogen-bond donors (Lipinski definition) is 1. The van der Waals surface area contributed by atoms with Crippen LogP contribution in [0.3, 0.4) is 0 Å². The van der Waals surface area contributed by atoms with Crippen LogP contribution in [0.15, 0.2) is 83.8 Å². The van der Waals surface area contributed by atoms with Gasteiger partial charge in [-0.25, -0.2) is 13.2 Å². The number of para-hydroxylation sites is 1. The van der Waals surface area contributed by atoms with Crippen molar-refractivity contribution >= 4 is 21.7 Å². The number of benzene rings is 3.